The van der Waals surface area contributed by atoms with Gasteiger partial charge in [0.15, 0.2) is 5.60 Å². The first-order valence-corrected chi connectivity index (χ1v) is 10.9. The lowest BCUT2D eigenvalue weighted by Crippen LogP contribution is -2.54. The number of anilines is 2. The standard InChI is InChI=1S/C24H21F6N5O2/c1-22(37,21(36)33-17-4-2-15(12-31)19(10-17)23(25,26)27)14-34-6-8-35(9-7-34)18-5-3-16(13-32)20(11-18)24(28,29)30/h2-5,10-11,37H,6-9,14H2,1H3,(H,33,36). The molecular formula is C24H21F6N5O2. The second-order valence-corrected chi connectivity index (χ2v) is 8.70. The summed E-state index contributed by atoms with van der Waals surface area (Å²) in [6.07, 6.45) is -9.51. The van der Waals surface area contributed by atoms with Crippen molar-refractivity contribution in [3.63, 3.8) is 0 Å². The van der Waals surface area contributed by atoms with E-state index in [0.717, 1.165) is 24.3 Å². The minimum absolute atomic E-state index is 0.184. The van der Waals surface area contributed by atoms with Crippen molar-refractivity contribution in [2.45, 2.75) is 24.9 Å². The van der Waals surface area contributed by atoms with Gasteiger partial charge in [-0.3, -0.25) is 9.69 Å². The van der Waals surface area contributed by atoms with Crippen molar-refractivity contribution in [2.24, 2.45) is 0 Å². The van der Waals surface area contributed by atoms with Crippen molar-refractivity contribution in [1.29, 1.82) is 10.5 Å². The molecule has 1 unspecified atom stereocenters. The Bertz CT molecular complexity index is 1250. The van der Waals surface area contributed by atoms with Crippen molar-refractivity contribution < 1.29 is 36.2 Å². The molecule has 13 heteroatoms. The average Bonchev–Trinajstić information content (AvgIpc) is 2.82. The predicted molar refractivity (Wildman–Crippen MR) is 120 cm³/mol. The molecule has 1 amide bonds. The van der Waals surface area contributed by atoms with E-state index in [1.165, 1.54) is 25.1 Å². The van der Waals surface area contributed by atoms with E-state index in [9.17, 15) is 36.2 Å². The molecule has 3 rings (SSSR count). The van der Waals surface area contributed by atoms with Crippen molar-refractivity contribution in [2.75, 3.05) is 42.9 Å². The van der Waals surface area contributed by atoms with Gasteiger partial charge in [-0.2, -0.15) is 36.9 Å². The number of aliphatic hydroxyl groups is 1. The SMILES string of the molecule is CC(O)(CN1CCN(c2ccc(C#N)c(C(F)(F)F)c2)CC1)C(=O)Nc1ccc(C#N)c(C(F)(F)F)c1. The Morgan fingerprint density at radius 2 is 1.43 bits per heavy atom. The van der Waals surface area contributed by atoms with Gasteiger partial charge in [0.2, 0.25) is 0 Å². The summed E-state index contributed by atoms with van der Waals surface area (Å²) in [5.74, 6) is -0.963. The molecular weight excluding hydrogens is 504 g/mol. The van der Waals surface area contributed by atoms with Gasteiger partial charge in [-0.05, 0) is 43.3 Å². The number of alkyl halides is 6. The highest BCUT2D eigenvalue weighted by atomic mass is 19.4. The molecule has 0 bridgehead atoms. The number of piperazine rings is 1. The molecule has 1 fully saturated rings. The van der Waals surface area contributed by atoms with E-state index in [4.69, 9.17) is 10.5 Å². The minimum atomic E-state index is -4.82. The summed E-state index contributed by atoms with van der Waals surface area (Å²) in [5, 5.41) is 30.8. The second-order valence-electron chi connectivity index (χ2n) is 8.70. The van der Waals surface area contributed by atoms with E-state index in [0.29, 0.717) is 6.07 Å². The van der Waals surface area contributed by atoms with Gasteiger partial charge < -0.3 is 15.3 Å². The number of carbonyl (C=O) groups is 1. The largest absolute Gasteiger partial charge is 0.417 e. The second kappa shape index (κ2) is 10.3. The van der Waals surface area contributed by atoms with Gasteiger partial charge in [-0.25, -0.2) is 0 Å². The van der Waals surface area contributed by atoms with Crippen LogP contribution in [0.25, 0.3) is 0 Å². The first kappa shape index (κ1) is 27.8. The molecule has 1 heterocycles. The van der Waals surface area contributed by atoms with E-state index in [2.05, 4.69) is 5.32 Å². The fourth-order valence-electron chi connectivity index (χ4n) is 3.95. The summed E-state index contributed by atoms with van der Waals surface area (Å²) >= 11 is 0. The monoisotopic (exact) mass is 525 g/mol. The summed E-state index contributed by atoms with van der Waals surface area (Å²) in [6.45, 7) is 2.10. The Morgan fingerprint density at radius 1 is 0.919 bits per heavy atom. The highest BCUT2D eigenvalue weighted by molar-refractivity contribution is 5.97. The Morgan fingerprint density at radius 3 is 1.95 bits per heavy atom. The van der Waals surface area contributed by atoms with Crippen LogP contribution in [0.1, 0.15) is 29.2 Å². The number of hydrogen-bond acceptors (Lipinski definition) is 6. The zero-order chi connectivity index (χ0) is 27.6. The van der Waals surface area contributed by atoms with E-state index in [1.54, 1.807) is 9.80 Å². The average molecular weight is 525 g/mol. The van der Waals surface area contributed by atoms with Crippen LogP contribution in [0.5, 0.6) is 0 Å². The summed E-state index contributed by atoms with van der Waals surface area (Å²) < 4.78 is 79.3. The summed E-state index contributed by atoms with van der Waals surface area (Å²) in [4.78, 5) is 16.0. The van der Waals surface area contributed by atoms with Crippen molar-refractivity contribution in [1.82, 2.24) is 4.90 Å². The molecule has 0 radical (unpaired) electrons. The molecule has 2 aromatic rings. The molecule has 0 aromatic heterocycles. The lowest BCUT2D eigenvalue weighted by molar-refractivity contribution is -0.138. The number of carbonyl (C=O) groups excluding carboxylic acids is 1. The van der Waals surface area contributed by atoms with Crippen LogP contribution in [0.3, 0.4) is 0 Å². The molecule has 2 aromatic carbocycles. The number of benzene rings is 2. The molecule has 1 aliphatic rings. The Kier molecular flexibility index (Phi) is 7.72. The lowest BCUT2D eigenvalue weighted by atomic mass is 10.0. The van der Waals surface area contributed by atoms with Gasteiger partial charge in [0.1, 0.15) is 0 Å². The summed E-state index contributed by atoms with van der Waals surface area (Å²) in [6, 6.07) is 9.03. The van der Waals surface area contributed by atoms with Crippen LogP contribution >= 0.6 is 0 Å². The smallest absolute Gasteiger partial charge is 0.379 e. The third-order valence-corrected chi connectivity index (χ3v) is 5.89. The molecule has 2 N–H and O–H groups in total. The number of nitrogens with zero attached hydrogens (tertiary/aromatic N) is 4. The van der Waals surface area contributed by atoms with Crippen LogP contribution in [-0.4, -0.2) is 54.2 Å². The third-order valence-electron chi connectivity index (χ3n) is 5.89. The van der Waals surface area contributed by atoms with Crippen LogP contribution < -0.4 is 10.2 Å². The number of nitrogens with one attached hydrogen (secondary N) is 1. The van der Waals surface area contributed by atoms with E-state index < -0.39 is 46.1 Å². The van der Waals surface area contributed by atoms with E-state index in [1.807, 2.05) is 0 Å². The Hall–Kier alpha value is -3.81. The van der Waals surface area contributed by atoms with Crippen molar-refractivity contribution >= 4 is 17.3 Å². The van der Waals surface area contributed by atoms with Gasteiger partial charge >= 0.3 is 12.4 Å². The lowest BCUT2D eigenvalue weighted by Gasteiger charge is -2.39. The third kappa shape index (κ3) is 6.50. The van der Waals surface area contributed by atoms with Crippen molar-refractivity contribution in [3.05, 3.63) is 58.7 Å². The van der Waals surface area contributed by atoms with Gasteiger partial charge in [0.25, 0.3) is 5.91 Å². The molecule has 0 aliphatic carbocycles. The van der Waals surface area contributed by atoms with Gasteiger partial charge in [0.05, 0.1) is 34.4 Å². The Labute approximate surface area is 208 Å². The highest BCUT2D eigenvalue weighted by Gasteiger charge is 2.37. The van der Waals surface area contributed by atoms with Gasteiger partial charge in [-0.15, -0.1) is 0 Å². The maximum Gasteiger partial charge on any atom is 0.417 e. The van der Waals surface area contributed by atoms with Gasteiger partial charge in [0, 0.05) is 44.1 Å². The topological polar surface area (TPSA) is 103 Å². The van der Waals surface area contributed by atoms with Crippen molar-refractivity contribution in [3.8, 4) is 12.1 Å². The highest BCUT2D eigenvalue weighted by Crippen LogP contribution is 2.35. The first-order chi connectivity index (χ1) is 17.2. The maximum absolute atomic E-state index is 13.3. The normalized spacial score (nSPS) is 16.4. The molecule has 1 aliphatic heterocycles. The number of hydrogen-bond donors (Lipinski definition) is 2. The fraction of sp³-hybridized carbons (Fsp3) is 0.375. The van der Waals surface area contributed by atoms with Gasteiger partial charge in [-0.1, -0.05) is 0 Å². The van der Waals surface area contributed by atoms with Crippen LogP contribution in [0.15, 0.2) is 36.4 Å². The van der Waals surface area contributed by atoms with Crippen LogP contribution in [0.2, 0.25) is 0 Å². The van der Waals surface area contributed by atoms with E-state index >= 15 is 0 Å². The number of nitriles is 2. The summed E-state index contributed by atoms with van der Waals surface area (Å²) in [7, 11) is 0. The fourth-order valence-corrected chi connectivity index (χ4v) is 3.95. The molecule has 37 heavy (non-hydrogen) atoms. The number of rotatable bonds is 5. The summed E-state index contributed by atoms with van der Waals surface area (Å²) in [5.41, 5.74) is -5.33. The zero-order valence-corrected chi connectivity index (χ0v) is 19.4. The molecule has 1 saturated heterocycles. The number of halogens is 6. The first-order valence-electron chi connectivity index (χ1n) is 10.9. The van der Waals surface area contributed by atoms with E-state index in [-0.39, 0.29) is 44.1 Å². The zero-order valence-electron chi connectivity index (χ0n) is 19.4. The number of amides is 1. The molecule has 7 nitrogen and oxygen atoms in total. The number of β-amino-alcohol motifs (C(OH)–C–C–N with tert-alkyl or cyclic N) is 1. The minimum Gasteiger partial charge on any atom is -0.379 e. The molecule has 196 valence electrons. The molecule has 0 saturated carbocycles. The quantitative estimate of drug-likeness (QED) is 0.573. The maximum atomic E-state index is 13.3. The molecule has 0 spiro atoms. The molecule has 1 atom stereocenters. The predicted octanol–water partition coefficient (Wildman–Crippen LogP) is 3.98. The van der Waals surface area contributed by atoms with Crippen LogP contribution in [0, 0.1) is 22.7 Å². The van der Waals surface area contributed by atoms with Crippen LogP contribution in [0.4, 0.5) is 37.7 Å². The van der Waals surface area contributed by atoms with Crippen LogP contribution in [-0.2, 0) is 17.1 Å². The Balaban J connectivity index is 1.64.